The van der Waals surface area contributed by atoms with Crippen LogP contribution < -0.4 is 0 Å². The number of nitrogens with one attached hydrogen (secondary N) is 1. The Hall–Kier alpha value is -1.30. The molecule has 0 atom stereocenters. The second kappa shape index (κ2) is 3.91. The third-order valence-electron chi connectivity index (χ3n) is 1.21. The zero-order valence-electron chi connectivity index (χ0n) is 6.10. The summed E-state index contributed by atoms with van der Waals surface area (Å²) < 4.78 is 0. The molecular weight excluding hydrogens is 178 g/mol. The van der Waals surface area contributed by atoms with Crippen LogP contribution in [0.15, 0.2) is 12.4 Å². The monoisotopic (exact) mass is 185 g/mol. The van der Waals surface area contributed by atoms with Crippen molar-refractivity contribution in [3.8, 4) is 0 Å². The molecule has 5 nitrogen and oxygen atoms in total. The van der Waals surface area contributed by atoms with Crippen LogP contribution in [0.2, 0.25) is 0 Å². The number of aromatic amines is 1. The highest BCUT2D eigenvalue weighted by Gasteiger charge is 2.10. The van der Waals surface area contributed by atoms with Crippen molar-refractivity contribution in [1.29, 1.82) is 0 Å². The normalized spacial score (nSPS) is 10.8. The second-order valence-corrected chi connectivity index (χ2v) is 2.34. The van der Waals surface area contributed by atoms with E-state index in [0.29, 0.717) is 11.4 Å². The summed E-state index contributed by atoms with van der Waals surface area (Å²) in [5.74, 6) is 0.442. The summed E-state index contributed by atoms with van der Waals surface area (Å²) in [4.78, 5) is 16.0. The van der Waals surface area contributed by atoms with E-state index in [4.69, 9.17) is 0 Å². The van der Waals surface area contributed by atoms with Crippen LogP contribution in [0.25, 0.3) is 6.08 Å². The molecule has 0 aliphatic heterocycles. The van der Waals surface area contributed by atoms with Crippen molar-refractivity contribution in [2.45, 2.75) is 0 Å². The van der Waals surface area contributed by atoms with Gasteiger partial charge in [-0.25, -0.2) is 9.97 Å². The molecule has 0 amide bonds. The quantitative estimate of drug-likeness (QED) is 0.423. The van der Waals surface area contributed by atoms with Gasteiger partial charge < -0.3 is 10.1 Å². The lowest BCUT2D eigenvalue weighted by Gasteiger charge is -1.89. The number of H-pyrrole nitrogens is 1. The molecule has 1 N–H and O–H groups in total. The largest absolute Gasteiger partial charge is 0.358 e. The number of imidazole rings is 1. The summed E-state index contributed by atoms with van der Waals surface area (Å²) in [7, 11) is 0. The minimum atomic E-state index is -0.509. The van der Waals surface area contributed by atoms with Gasteiger partial charge in [-0.15, -0.1) is 0 Å². The minimum Gasteiger partial charge on any atom is -0.358 e. The fourth-order valence-electron chi connectivity index (χ4n) is 0.731. The molecule has 1 aromatic heterocycles. The minimum absolute atomic E-state index is 0.0898. The zero-order valence-corrected chi connectivity index (χ0v) is 6.99. The molecule has 0 fully saturated rings. The van der Waals surface area contributed by atoms with Crippen molar-refractivity contribution in [2.24, 2.45) is 0 Å². The van der Waals surface area contributed by atoms with Gasteiger partial charge in [0.05, 0.1) is 0 Å². The van der Waals surface area contributed by atoms with E-state index < -0.39 is 4.92 Å². The third kappa shape index (κ3) is 1.85. The smallest absolute Gasteiger partial charge is 0.347 e. The Labute approximate surface area is 74.1 Å². The Balaban J connectivity index is 2.91. The molecule has 0 radical (unpaired) electrons. The first-order chi connectivity index (χ1) is 5.75. The van der Waals surface area contributed by atoms with Crippen LogP contribution in [0, 0.1) is 10.1 Å². The summed E-state index contributed by atoms with van der Waals surface area (Å²) in [5, 5.41) is 10.3. The number of rotatable bonds is 3. The van der Waals surface area contributed by atoms with Crippen molar-refractivity contribution in [1.82, 2.24) is 9.97 Å². The Morgan fingerprint density at radius 1 is 1.83 bits per heavy atom. The van der Waals surface area contributed by atoms with Crippen LogP contribution in [0.4, 0.5) is 5.82 Å². The molecule has 0 saturated heterocycles. The van der Waals surface area contributed by atoms with Gasteiger partial charge in [0, 0.05) is 5.75 Å². The highest BCUT2D eigenvalue weighted by molar-refractivity contribution is 7.80. The lowest BCUT2D eigenvalue weighted by molar-refractivity contribution is -0.389. The maximum absolute atomic E-state index is 10.3. The van der Waals surface area contributed by atoms with Crippen LogP contribution in [0.5, 0.6) is 0 Å². The van der Waals surface area contributed by atoms with Crippen LogP contribution in [0.1, 0.15) is 5.69 Å². The van der Waals surface area contributed by atoms with Crippen LogP contribution >= 0.6 is 12.6 Å². The molecule has 64 valence electrons. The van der Waals surface area contributed by atoms with Gasteiger partial charge in [0.1, 0.15) is 0 Å². The number of nitro groups is 1. The predicted molar refractivity (Wildman–Crippen MR) is 48.1 cm³/mol. The fraction of sp³-hybridized carbons (Fsp3) is 0.167. The summed E-state index contributed by atoms with van der Waals surface area (Å²) in [6.07, 6.45) is 4.53. The summed E-state index contributed by atoms with van der Waals surface area (Å²) in [5.41, 5.74) is 0.328. The number of hydrogen-bond donors (Lipinski definition) is 2. The number of hydrogen-bond acceptors (Lipinski definition) is 4. The van der Waals surface area contributed by atoms with E-state index in [1.54, 1.807) is 12.2 Å². The van der Waals surface area contributed by atoms with Gasteiger partial charge in [0.15, 0.2) is 12.0 Å². The molecule has 0 aliphatic carbocycles. The molecule has 1 heterocycles. The molecule has 0 bridgehead atoms. The van der Waals surface area contributed by atoms with Crippen LogP contribution in [-0.4, -0.2) is 20.6 Å². The van der Waals surface area contributed by atoms with Gasteiger partial charge in [-0.2, -0.15) is 12.6 Å². The standard InChI is InChI=1S/C6H7N3O2S/c10-9(11)6-5(2-1-3-12)7-4-8-6/h1-2,4,12H,3H2,(H,7,8). The number of aromatic nitrogens is 2. The van der Waals surface area contributed by atoms with Crippen molar-refractivity contribution < 1.29 is 4.92 Å². The SMILES string of the molecule is O=[N+]([O-])c1[nH]cnc1C=CCS. The lowest BCUT2D eigenvalue weighted by atomic mass is 10.4. The molecule has 12 heavy (non-hydrogen) atoms. The average molecular weight is 185 g/mol. The van der Waals surface area contributed by atoms with E-state index in [-0.39, 0.29) is 5.82 Å². The molecule has 0 saturated carbocycles. The van der Waals surface area contributed by atoms with Crippen molar-refractivity contribution in [2.75, 3.05) is 5.75 Å². The molecular formula is C6H7N3O2S. The van der Waals surface area contributed by atoms with Crippen molar-refractivity contribution in [3.05, 3.63) is 28.2 Å². The topological polar surface area (TPSA) is 71.8 Å². The molecule has 6 heteroatoms. The lowest BCUT2D eigenvalue weighted by Crippen LogP contribution is -1.89. The maximum atomic E-state index is 10.3. The van der Waals surface area contributed by atoms with E-state index >= 15 is 0 Å². The van der Waals surface area contributed by atoms with Gasteiger partial charge in [0.25, 0.3) is 0 Å². The van der Waals surface area contributed by atoms with E-state index in [0.717, 1.165) is 0 Å². The highest BCUT2D eigenvalue weighted by Crippen LogP contribution is 2.13. The average Bonchev–Trinajstić information content (AvgIpc) is 2.48. The molecule has 0 aliphatic rings. The first kappa shape index (κ1) is 8.79. The van der Waals surface area contributed by atoms with Crippen molar-refractivity contribution in [3.63, 3.8) is 0 Å². The first-order valence-corrected chi connectivity index (χ1v) is 3.84. The predicted octanol–water partition coefficient (Wildman–Crippen LogP) is 1.26. The number of nitrogens with zero attached hydrogens (tertiary/aromatic N) is 2. The van der Waals surface area contributed by atoms with Gasteiger partial charge >= 0.3 is 5.82 Å². The van der Waals surface area contributed by atoms with Crippen molar-refractivity contribution >= 4 is 24.5 Å². The van der Waals surface area contributed by atoms with E-state index in [1.165, 1.54) is 6.33 Å². The molecule has 1 rings (SSSR count). The third-order valence-corrected chi connectivity index (χ3v) is 1.42. The first-order valence-electron chi connectivity index (χ1n) is 3.21. The maximum Gasteiger partial charge on any atom is 0.347 e. The Kier molecular flexibility index (Phi) is 2.87. The summed E-state index contributed by atoms with van der Waals surface area (Å²) in [6, 6.07) is 0. The molecule has 0 spiro atoms. The Bertz CT molecular complexity index is 307. The van der Waals surface area contributed by atoms with Gasteiger partial charge in [-0.05, 0) is 11.0 Å². The van der Waals surface area contributed by atoms with Gasteiger partial charge in [0.2, 0.25) is 0 Å². The van der Waals surface area contributed by atoms with Crippen LogP contribution in [0.3, 0.4) is 0 Å². The number of thiol groups is 1. The van der Waals surface area contributed by atoms with E-state index in [9.17, 15) is 10.1 Å². The molecule has 1 aromatic rings. The van der Waals surface area contributed by atoms with Gasteiger partial charge in [-0.3, -0.25) is 0 Å². The van der Waals surface area contributed by atoms with Gasteiger partial charge in [-0.1, -0.05) is 6.08 Å². The molecule has 0 unspecified atom stereocenters. The van der Waals surface area contributed by atoms with E-state index in [2.05, 4.69) is 22.6 Å². The summed E-state index contributed by atoms with van der Waals surface area (Å²) in [6.45, 7) is 0. The Morgan fingerprint density at radius 3 is 3.17 bits per heavy atom. The zero-order chi connectivity index (χ0) is 8.97. The molecule has 0 aromatic carbocycles. The Morgan fingerprint density at radius 2 is 2.58 bits per heavy atom. The second-order valence-electron chi connectivity index (χ2n) is 1.98. The van der Waals surface area contributed by atoms with Crippen LogP contribution in [-0.2, 0) is 0 Å². The fourth-order valence-corrected chi connectivity index (χ4v) is 0.836. The summed E-state index contributed by atoms with van der Waals surface area (Å²) >= 11 is 3.92. The highest BCUT2D eigenvalue weighted by atomic mass is 32.1. The van der Waals surface area contributed by atoms with E-state index in [1.807, 2.05) is 0 Å².